The summed E-state index contributed by atoms with van der Waals surface area (Å²) < 4.78 is 54.7. The maximum absolute atomic E-state index is 13.4. The van der Waals surface area contributed by atoms with Gasteiger partial charge in [-0.2, -0.15) is 0 Å². The second-order valence-electron chi connectivity index (χ2n) is 17.3. The lowest BCUT2D eigenvalue weighted by Crippen LogP contribution is -2.66. The zero-order valence-electron chi connectivity index (χ0n) is 38.5. The van der Waals surface area contributed by atoms with Gasteiger partial charge in [0.05, 0.1) is 30.8 Å². The minimum absolute atomic E-state index is 0.0512. The van der Waals surface area contributed by atoms with Crippen LogP contribution in [0.5, 0.6) is 0 Å². The van der Waals surface area contributed by atoms with Gasteiger partial charge in [-0.1, -0.05) is 45.4 Å². The van der Waals surface area contributed by atoms with Gasteiger partial charge in [0.25, 0.3) is 0 Å². The number of aliphatic hydroxyl groups is 2. The van der Waals surface area contributed by atoms with E-state index in [1.807, 2.05) is 19.9 Å². The number of unbranched alkanes of at least 4 members (excludes halogenated alkanes) is 1. The van der Waals surface area contributed by atoms with Gasteiger partial charge in [0.15, 0.2) is 18.7 Å². The standard InChI is InChI=1S/C45H73NO16/c1-12-14-20-35(50)60-43-29(6)56-37(25-45(43,8)53)61-40-28(5)57-44(39(52)38(40)46(9)10)62-41-31(21-22-47)23-26(3)32(59-34(49)13-2)19-17-15-16-18-27(4)55-36(51)24-33(42(41)54-11)58-30(7)48/h15-17,19,22,26-29,31-33,37-44,52-53H,12-14,18,20-21,23-25H2,1-11H3. The summed E-state index contributed by atoms with van der Waals surface area (Å²) in [4.78, 5) is 65.3. The first-order valence-corrected chi connectivity index (χ1v) is 22.0. The molecule has 0 bridgehead atoms. The highest BCUT2D eigenvalue weighted by Crippen LogP contribution is 2.38. The number of methoxy groups -OCH3 is 1. The molecule has 62 heavy (non-hydrogen) atoms. The summed E-state index contributed by atoms with van der Waals surface area (Å²) >= 11 is 0. The van der Waals surface area contributed by atoms with E-state index >= 15 is 0 Å². The van der Waals surface area contributed by atoms with Crippen LogP contribution in [0.2, 0.25) is 0 Å². The van der Waals surface area contributed by atoms with E-state index in [-0.39, 0.29) is 32.1 Å². The van der Waals surface area contributed by atoms with E-state index in [1.54, 1.807) is 71.8 Å². The van der Waals surface area contributed by atoms with Gasteiger partial charge in [0.2, 0.25) is 0 Å². The van der Waals surface area contributed by atoms with Gasteiger partial charge < -0.3 is 62.5 Å². The van der Waals surface area contributed by atoms with Gasteiger partial charge in [-0.05, 0) is 72.5 Å². The average Bonchev–Trinajstić information content (AvgIpc) is 3.18. The van der Waals surface area contributed by atoms with Crippen molar-refractivity contribution in [3.05, 3.63) is 24.3 Å². The molecular formula is C45H73NO16. The first-order chi connectivity index (χ1) is 29.3. The number of carbonyl (C=O) groups excluding carboxylic acids is 5. The van der Waals surface area contributed by atoms with Crippen LogP contribution >= 0.6 is 0 Å². The van der Waals surface area contributed by atoms with Gasteiger partial charge in [-0.25, -0.2) is 0 Å². The van der Waals surface area contributed by atoms with Crippen molar-refractivity contribution < 1.29 is 76.8 Å². The van der Waals surface area contributed by atoms with E-state index in [0.29, 0.717) is 19.1 Å². The van der Waals surface area contributed by atoms with Crippen molar-refractivity contribution in [2.75, 3.05) is 21.2 Å². The van der Waals surface area contributed by atoms with Gasteiger partial charge in [0.1, 0.15) is 48.5 Å². The Kier molecular flexibility index (Phi) is 21.6. The average molecular weight is 884 g/mol. The zero-order chi connectivity index (χ0) is 46.3. The molecule has 0 spiro atoms. The number of aliphatic hydroxyl groups excluding tert-OH is 1. The summed E-state index contributed by atoms with van der Waals surface area (Å²) in [5.74, 6) is -3.35. The fourth-order valence-corrected chi connectivity index (χ4v) is 8.46. The minimum Gasteiger partial charge on any atom is -0.462 e. The summed E-state index contributed by atoms with van der Waals surface area (Å²) in [7, 11) is 4.85. The molecule has 2 N–H and O–H groups in total. The lowest BCUT2D eigenvalue weighted by Gasteiger charge is -2.50. The Labute approximate surface area is 367 Å². The largest absolute Gasteiger partial charge is 0.462 e. The highest BCUT2D eigenvalue weighted by molar-refractivity contribution is 5.72. The minimum atomic E-state index is -1.51. The van der Waals surface area contributed by atoms with Gasteiger partial charge in [-0.3, -0.25) is 19.2 Å². The summed E-state index contributed by atoms with van der Waals surface area (Å²) in [5, 5.41) is 23.7. The zero-order valence-corrected chi connectivity index (χ0v) is 38.5. The van der Waals surface area contributed by atoms with E-state index in [2.05, 4.69) is 0 Å². The number of esters is 4. The topological polar surface area (TPSA) is 212 Å². The van der Waals surface area contributed by atoms with Gasteiger partial charge in [-0.15, -0.1) is 0 Å². The number of hydrogen-bond donors (Lipinski definition) is 2. The molecule has 3 rings (SSSR count). The maximum atomic E-state index is 13.4. The van der Waals surface area contributed by atoms with Crippen molar-refractivity contribution in [3.63, 3.8) is 0 Å². The second kappa shape index (κ2) is 25.3. The SMILES string of the molecule is CCCCC(=O)OC1C(C)OC(OC2C(C)OC(OC3C(CC=O)CC(C)C(OC(=O)CC)C=CC=CCC(C)OC(=O)CC(OC(C)=O)C3OC)C(O)C2N(C)C)CC1(C)O. The highest BCUT2D eigenvalue weighted by atomic mass is 16.7. The van der Waals surface area contributed by atoms with E-state index in [1.165, 1.54) is 14.0 Å². The Morgan fingerprint density at radius 1 is 0.968 bits per heavy atom. The molecule has 0 radical (unpaired) electrons. The van der Waals surface area contributed by atoms with Crippen LogP contribution in [-0.2, 0) is 66.6 Å². The number of nitrogens with zero attached hydrogens (tertiary/aromatic N) is 1. The van der Waals surface area contributed by atoms with E-state index < -0.39 is 127 Å². The predicted molar refractivity (Wildman–Crippen MR) is 224 cm³/mol. The fraction of sp³-hybridized carbons (Fsp3) is 0.800. The van der Waals surface area contributed by atoms with Crippen molar-refractivity contribution in [2.24, 2.45) is 11.8 Å². The number of hydrogen-bond acceptors (Lipinski definition) is 17. The van der Waals surface area contributed by atoms with Crippen molar-refractivity contribution in [3.8, 4) is 0 Å². The van der Waals surface area contributed by atoms with E-state index in [0.717, 1.165) is 6.42 Å². The number of ether oxygens (including phenoxy) is 9. The third-order valence-corrected chi connectivity index (χ3v) is 11.6. The molecule has 0 aliphatic carbocycles. The normalized spacial score (nSPS) is 37.6. The van der Waals surface area contributed by atoms with Crippen LogP contribution in [0.25, 0.3) is 0 Å². The van der Waals surface area contributed by atoms with E-state index in [9.17, 15) is 34.2 Å². The first kappa shape index (κ1) is 53.1. The number of rotatable bonds is 15. The molecule has 354 valence electrons. The summed E-state index contributed by atoms with van der Waals surface area (Å²) in [6, 6.07) is -0.801. The van der Waals surface area contributed by atoms with Crippen molar-refractivity contribution in [1.82, 2.24) is 4.90 Å². The lowest BCUT2D eigenvalue weighted by molar-refractivity contribution is -0.344. The third-order valence-electron chi connectivity index (χ3n) is 11.6. The van der Waals surface area contributed by atoms with Crippen LogP contribution in [0, 0.1) is 11.8 Å². The Morgan fingerprint density at radius 2 is 1.68 bits per heavy atom. The molecular weight excluding hydrogens is 810 g/mol. The van der Waals surface area contributed by atoms with Crippen LogP contribution in [0.3, 0.4) is 0 Å². The Morgan fingerprint density at radius 3 is 2.27 bits per heavy atom. The number of carbonyl (C=O) groups is 5. The molecule has 2 fully saturated rings. The lowest BCUT2D eigenvalue weighted by atomic mass is 9.82. The van der Waals surface area contributed by atoms with Crippen LogP contribution in [0.4, 0.5) is 0 Å². The molecule has 16 atom stereocenters. The highest BCUT2D eigenvalue weighted by Gasteiger charge is 2.53. The predicted octanol–water partition coefficient (Wildman–Crippen LogP) is 4.12. The molecule has 0 aromatic rings. The molecule has 0 saturated carbocycles. The molecule has 3 aliphatic heterocycles. The van der Waals surface area contributed by atoms with Gasteiger partial charge in [0, 0.05) is 46.1 Å². The number of likely N-dealkylation sites (N-methyl/N-ethyl adjacent to an activating group) is 1. The molecule has 17 heteroatoms. The molecule has 16 unspecified atom stereocenters. The molecule has 0 aromatic heterocycles. The number of allylic oxidation sites excluding steroid dienone is 2. The maximum Gasteiger partial charge on any atom is 0.309 e. The Bertz CT molecular complexity index is 1500. The van der Waals surface area contributed by atoms with Crippen molar-refractivity contribution >= 4 is 30.2 Å². The van der Waals surface area contributed by atoms with Crippen molar-refractivity contribution in [2.45, 2.75) is 198 Å². The molecule has 3 aliphatic rings. The van der Waals surface area contributed by atoms with Crippen LogP contribution in [0.15, 0.2) is 24.3 Å². The van der Waals surface area contributed by atoms with Gasteiger partial charge >= 0.3 is 23.9 Å². The van der Waals surface area contributed by atoms with Crippen molar-refractivity contribution in [1.29, 1.82) is 0 Å². The van der Waals surface area contributed by atoms with Crippen LogP contribution < -0.4 is 0 Å². The molecule has 0 amide bonds. The van der Waals surface area contributed by atoms with E-state index in [4.69, 9.17) is 42.6 Å². The van der Waals surface area contributed by atoms with Crippen LogP contribution in [0.1, 0.15) is 113 Å². The van der Waals surface area contributed by atoms with Crippen LogP contribution in [-0.4, -0.2) is 152 Å². The number of cyclic esters (lactones) is 1. The monoisotopic (exact) mass is 883 g/mol. The summed E-state index contributed by atoms with van der Waals surface area (Å²) in [5.41, 5.74) is -1.51. The summed E-state index contributed by atoms with van der Waals surface area (Å²) in [6.07, 6.45) is -2.38. The fourth-order valence-electron chi connectivity index (χ4n) is 8.46. The quantitative estimate of drug-likeness (QED) is 0.135. The first-order valence-electron chi connectivity index (χ1n) is 22.0. The smallest absolute Gasteiger partial charge is 0.309 e. The molecule has 2 saturated heterocycles. The number of aldehydes is 1. The summed E-state index contributed by atoms with van der Waals surface area (Å²) in [6.45, 7) is 13.4. The third kappa shape index (κ3) is 15.5. The Balaban J connectivity index is 2.03. The Hall–Kier alpha value is -3.29. The molecule has 3 heterocycles. The molecule has 17 nitrogen and oxygen atoms in total. The second-order valence-corrected chi connectivity index (χ2v) is 17.3. The molecule has 0 aromatic carbocycles.